The van der Waals surface area contributed by atoms with Gasteiger partial charge in [0.05, 0.1) is 0 Å². The molecule has 0 saturated heterocycles. The molecule has 3 heteroatoms. The maximum absolute atomic E-state index is 10.6. The maximum atomic E-state index is 10.6. The van der Waals surface area contributed by atoms with Gasteiger partial charge < -0.3 is 3.44 Å². The molecule has 0 aliphatic heterocycles. The van der Waals surface area contributed by atoms with Gasteiger partial charge in [0.2, 0.25) is 0 Å². The van der Waals surface area contributed by atoms with Crippen molar-refractivity contribution in [1.29, 1.82) is 0 Å². The smallest absolute Gasteiger partial charge is 0.452 e. The van der Waals surface area contributed by atoms with Crippen LogP contribution in [0.25, 0.3) is 11.1 Å². The monoisotopic (exact) mass is 338 g/mol. The maximum Gasteiger partial charge on any atom is 0.452 e. The van der Waals surface area contributed by atoms with Gasteiger partial charge in [0.1, 0.15) is 6.61 Å². The van der Waals surface area contributed by atoms with Crippen LogP contribution in [0, 0.1) is 0 Å². The Kier molecular flexibility index (Phi) is 3.13. The van der Waals surface area contributed by atoms with Crippen molar-refractivity contribution in [3.8, 4) is 11.1 Å². The van der Waals surface area contributed by atoms with Gasteiger partial charge in [0.25, 0.3) is 0 Å². The van der Waals surface area contributed by atoms with Crippen molar-refractivity contribution in [3.05, 3.63) is 59.7 Å². The summed E-state index contributed by atoms with van der Waals surface area (Å²) in [6, 6.07) is 16.7. The van der Waals surface area contributed by atoms with Gasteiger partial charge in [-0.25, -0.2) is 0 Å². The normalized spacial score (nSPS) is 13.5. The lowest BCUT2D eigenvalue weighted by atomic mass is 9.98. The first kappa shape index (κ1) is 11.2. The Morgan fingerprint density at radius 3 is 2.00 bits per heavy atom. The van der Waals surface area contributed by atoms with Gasteiger partial charge in [0, 0.05) is 5.92 Å². The Hall–Kier alpha value is -0.910. The zero-order valence-corrected chi connectivity index (χ0v) is 11.3. The zero-order valence-electron chi connectivity index (χ0n) is 9.10. The van der Waals surface area contributed by atoms with Crippen LogP contribution in [0.15, 0.2) is 48.5 Å². The molecular formula is C14H11IO2. The van der Waals surface area contributed by atoms with Crippen molar-refractivity contribution in [2.24, 2.45) is 0 Å². The fraction of sp³-hybridized carbons (Fsp3) is 0.143. The van der Waals surface area contributed by atoms with E-state index in [0.29, 0.717) is 6.61 Å². The summed E-state index contributed by atoms with van der Waals surface area (Å²) in [5, 5.41) is 0. The Morgan fingerprint density at radius 2 is 1.47 bits per heavy atom. The molecule has 0 unspecified atom stereocenters. The molecule has 0 heterocycles. The van der Waals surface area contributed by atoms with Gasteiger partial charge in [-0.3, -0.25) is 0 Å². The van der Waals surface area contributed by atoms with Crippen molar-refractivity contribution in [1.82, 2.24) is 0 Å². The van der Waals surface area contributed by atoms with E-state index in [4.69, 9.17) is 3.07 Å². The molecule has 17 heavy (non-hydrogen) atoms. The number of benzene rings is 2. The third-order valence-electron chi connectivity index (χ3n) is 3.24. The van der Waals surface area contributed by atoms with E-state index in [9.17, 15) is 3.44 Å². The van der Waals surface area contributed by atoms with Gasteiger partial charge in [-0.15, -0.1) is 3.07 Å². The lowest BCUT2D eigenvalue weighted by Crippen LogP contribution is -3.70. The highest BCUT2D eigenvalue weighted by Crippen LogP contribution is 2.44. The molecule has 0 radical (unpaired) electrons. The molecule has 0 amide bonds. The lowest BCUT2D eigenvalue weighted by Gasteiger charge is -2.09. The minimum absolute atomic E-state index is 0.232. The highest BCUT2D eigenvalue weighted by molar-refractivity contribution is 5.78. The largest absolute Gasteiger partial charge is 0.567 e. The molecule has 1 aliphatic carbocycles. The quantitative estimate of drug-likeness (QED) is 0.680. The van der Waals surface area contributed by atoms with E-state index >= 15 is 0 Å². The lowest BCUT2D eigenvalue weighted by molar-refractivity contribution is -1.27. The fourth-order valence-corrected chi connectivity index (χ4v) is 3.03. The summed E-state index contributed by atoms with van der Waals surface area (Å²) in [4.78, 5) is 0. The third-order valence-corrected chi connectivity index (χ3v) is 3.85. The van der Waals surface area contributed by atoms with E-state index in [1.165, 1.54) is 22.3 Å². The number of rotatable bonds is 3. The minimum Gasteiger partial charge on any atom is -0.567 e. The zero-order chi connectivity index (χ0) is 11.7. The molecule has 0 bridgehead atoms. The average molecular weight is 338 g/mol. The van der Waals surface area contributed by atoms with Gasteiger partial charge in [0.15, 0.2) is 0 Å². The summed E-state index contributed by atoms with van der Waals surface area (Å²) >= 11 is -1.34. The Labute approximate surface area is 112 Å². The number of hydrogen-bond acceptors (Lipinski definition) is 2. The minimum atomic E-state index is -1.34. The molecule has 2 nitrogen and oxygen atoms in total. The summed E-state index contributed by atoms with van der Waals surface area (Å²) in [5.74, 6) is 0.232. The summed E-state index contributed by atoms with van der Waals surface area (Å²) in [7, 11) is 0. The molecule has 1 aliphatic rings. The summed E-state index contributed by atoms with van der Waals surface area (Å²) in [5.41, 5.74) is 5.12. The summed E-state index contributed by atoms with van der Waals surface area (Å²) in [6.45, 7) is 0.519. The Morgan fingerprint density at radius 1 is 0.941 bits per heavy atom. The van der Waals surface area contributed by atoms with Crippen LogP contribution in [0.3, 0.4) is 0 Å². The first-order chi connectivity index (χ1) is 8.42. The molecule has 0 atom stereocenters. The van der Waals surface area contributed by atoms with Crippen LogP contribution in [0.5, 0.6) is 0 Å². The van der Waals surface area contributed by atoms with E-state index < -0.39 is 22.0 Å². The summed E-state index contributed by atoms with van der Waals surface area (Å²) in [6.07, 6.45) is 0. The van der Waals surface area contributed by atoms with Crippen LogP contribution in [-0.4, -0.2) is 6.61 Å². The number of hydrogen-bond donors (Lipinski definition) is 0. The highest BCUT2D eigenvalue weighted by Gasteiger charge is 2.28. The van der Waals surface area contributed by atoms with E-state index in [1.54, 1.807) is 0 Å². The van der Waals surface area contributed by atoms with Crippen LogP contribution in [0.2, 0.25) is 0 Å². The van der Waals surface area contributed by atoms with E-state index in [1.807, 2.05) is 12.1 Å². The first-order valence-corrected chi connectivity index (χ1v) is 7.25. The van der Waals surface area contributed by atoms with Crippen molar-refractivity contribution in [2.75, 3.05) is 6.61 Å². The molecule has 0 N–H and O–H groups in total. The molecule has 3 rings (SSSR count). The van der Waals surface area contributed by atoms with Crippen molar-refractivity contribution >= 4 is 0 Å². The third kappa shape index (κ3) is 1.88. The Bertz CT molecular complexity index is 494. The predicted octanol–water partition coefficient (Wildman–Crippen LogP) is -0.905. The summed E-state index contributed by atoms with van der Waals surface area (Å²) < 4.78 is 15.8. The number of halogens is 1. The number of fused-ring (bicyclic) bond motifs is 3. The van der Waals surface area contributed by atoms with Crippen LogP contribution in [-0.2, 0) is 3.07 Å². The molecule has 0 fully saturated rings. The SMILES string of the molecule is [O-][I+]OCC1c2ccccc2-c2ccccc21. The van der Waals surface area contributed by atoms with Crippen LogP contribution >= 0.6 is 0 Å². The van der Waals surface area contributed by atoms with Crippen LogP contribution in [0.1, 0.15) is 17.0 Å². The van der Waals surface area contributed by atoms with Gasteiger partial charge >= 0.3 is 22.0 Å². The second-order valence-corrected chi connectivity index (χ2v) is 5.05. The van der Waals surface area contributed by atoms with E-state index in [0.717, 1.165) is 0 Å². The molecule has 2 aromatic carbocycles. The molecule has 86 valence electrons. The topological polar surface area (TPSA) is 32.3 Å². The van der Waals surface area contributed by atoms with Crippen molar-refractivity contribution in [2.45, 2.75) is 5.92 Å². The van der Waals surface area contributed by atoms with Gasteiger partial charge in [-0.1, -0.05) is 48.5 Å². The van der Waals surface area contributed by atoms with Gasteiger partial charge in [-0.05, 0) is 22.3 Å². The van der Waals surface area contributed by atoms with Crippen LogP contribution < -0.4 is 25.5 Å². The highest BCUT2D eigenvalue weighted by atomic mass is 127. The first-order valence-electron chi connectivity index (χ1n) is 5.49. The Balaban J connectivity index is 2.10. The predicted molar refractivity (Wildman–Crippen MR) is 59.7 cm³/mol. The molecule has 2 aromatic rings. The second kappa shape index (κ2) is 4.76. The fourth-order valence-electron chi connectivity index (χ4n) is 2.53. The average Bonchev–Trinajstić information content (AvgIpc) is 2.71. The molecule has 0 aromatic heterocycles. The van der Waals surface area contributed by atoms with Gasteiger partial charge in [-0.2, -0.15) is 0 Å². The second-order valence-electron chi connectivity index (χ2n) is 4.07. The van der Waals surface area contributed by atoms with Crippen LogP contribution in [0.4, 0.5) is 0 Å². The van der Waals surface area contributed by atoms with Crippen molar-refractivity contribution < 1.29 is 28.5 Å². The van der Waals surface area contributed by atoms with Crippen molar-refractivity contribution in [3.63, 3.8) is 0 Å². The standard InChI is InChI=1S/C14H11IO2/c16-15-17-9-14-12-7-3-1-5-10(12)11-6-2-4-8-13(11)14/h1-8,14H,9H2. The van der Waals surface area contributed by atoms with E-state index in [-0.39, 0.29) is 5.92 Å². The molecular weight excluding hydrogens is 327 g/mol. The van der Waals surface area contributed by atoms with E-state index in [2.05, 4.69) is 36.4 Å². The molecule has 0 spiro atoms. The molecule has 0 saturated carbocycles.